The number of amides is 1. The Kier molecular flexibility index (Phi) is 7.24. The van der Waals surface area contributed by atoms with Crippen LogP contribution in [0, 0.1) is 0 Å². The second-order valence-corrected chi connectivity index (χ2v) is 6.94. The van der Waals surface area contributed by atoms with Crippen LogP contribution in [0.1, 0.15) is 6.92 Å². The van der Waals surface area contributed by atoms with Gasteiger partial charge in [-0.05, 0) is 36.4 Å². The highest BCUT2D eigenvalue weighted by Crippen LogP contribution is 2.32. The van der Waals surface area contributed by atoms with E-state index in [4.69, 9.17) is 27.9 Å². The van der Waals surface area contributed by atoms with E-state index in [1.807, 2.05) is 24.3 Å². The molecule has 4 nitrogen and oxygen atoms in total. The first-order valence-electron chi connectivity index (χ1n) is 7.21. The summed E-state index contributed by atoms with van der Waals surface area (Å²) in [6.07, 6.45) is -0.669. The quantitative estimate of drug-likeness (QED) is 0.689. The van der Waals surface area contributed by atoms with E-state index in [0.29, 0.717) is 21.5 Å². The molecule has 0 aliphatic rings. The molecular formula is C17H17Cl2NO3S. The molecule has 0 aromatic heterocycles. The van der Waals surface area contributed by atoms with E-state index < -0.39 is 6.10 Å². The van der Waals surface area contributed by atoms with Crippen LogP contribution < -0.4 is 10.1 Å². The normalized spacial score (nSPS) is 11.8. The largest absolute Gasteiger partial charge is 0.488 e. The van der Waals surface area contributed by atoms with Gasteiger partial charge in [0.1, 0.15) is 6.61 Å². The molecule has 2 aromatic rings. The summed E-state index contributed by atoms with van der Waals surface area (Å²) < 4.78 is 5.51. The van der Waals surface area contributed by atoms with Crippen molar-refractivity contribution in [2.75, 3.05) is 17.7 Å². The van der Waals surface area contributed by atoms with Crippen LogP contribution in [0.4, 0.5) is 5.69 Å². The highest BCUT2D eigenvalue weighted by atomic mass is 35.5. The maximum absolute atomic E-state index is 11.0. The zero-order valence-electron chi connectivity index (χ0n) is 13.0. The minimum Gasteiger partial charge on any atom is -0.488 e. The minimum absolute atomic E-state index is 0.0976. The van der Waals surface area contributed by atoms with Crippen molar-refractivity contribution in [2.24, 2.45) is 0 Å². The van der Waals surface area contributed by atoms with Crippen LogP contribution in [0.5, 0.6) is 5.75 Å². The molecule has 0 bridgehead atoms. The molecule has 128 valence electrons. The van der Waals surface area contributed by atoms with Crippen molar-refractivity contribution in [3.05, 3.63) is 52.5 Å². The molecule has 0 heterocycles. The number of thioether (sulfide) groups is 1. The lowest BCUT2D eigenvalue weighted by Gasteiger charge is -2.14. The molecule has 2 N–H and O–H groups in total. The number of halogens is 2. The average molecular weight is 386 g/mol. The van der Waals surface area contributed by atoms with Crippen molar-refractivity contribution in [2.45, 2.75) is 17.9 Å². The summed E-state index contributed by atoms with van der Waals surface area (Å²) in [4.78, 5) is 12.0. The van der Waals surface area contributed by atoms with E-state index in [1.54, 1.807) is 18.2 Å². The summed E-state index contributed by atoms with van der Waals surface area (Å²) in [6, 6.07) is 12.5. The van der Waals surface area contributed by atoms with Crippen molar-refractivity contribution >= 4 is 46.6 Å². The van der Waals surface area contributed by atoms with Crippen LogP contribution in [0.15, 0.2) is 47.4 Å². The lowest BCUT2D eigenvalue weighted by molar-refractivity contribution is -0.114. The molecule has 2 aromatic carbocycles. The van der Waals surface area contributed by atoms with Gasteiger partial charge in [-0.1, -0.05) is 29.3 Å². The van der Waals surface area contributed by atoms with Gasteiger partial charge in [-0.3, -0.25) is 4.79 Å². The molecule has 1 atom stereocenters. The Morgan fingerprint density at radius 1 is 1.21 bits per heavy atom. The Morgan fingerprint density at radius 3 is 2.42 bits per heavy atom. The summed E-state index contributed by atoms with van der Waals surface area (Å²) in [5.74, 6) is 0.729. The molecule has 0 radical (unpaired) electrons. The number of aliphatic hydroxyl groups is 1. The smallest absolute Gasteiger partial charge is 0.221 e. The van der Waals surface area contributed by atoms with Gasteiger partial charge in [0.15, 0.2) is 5.75 Å². The highest BCUT2D eigenvalue weighted by molar-refractivity contribution is 7.99. The van der Waals surface area contributed by atoms with Gasteiger partial charge in [-0.15, -0.1) is 11.8 Å². The molecule has 0 unspecified atom stereocenters. The molecule has 24 heavy (non-hydrogen) atoms. The van der Waals surface area contributed by atoms with Gasteiger partial charge < -0.3 is 15.2 Å². The van der Waals surface area contributed by atoms with Crippen molar-refractivity contribution in [1.29, 1.82) is 0 Å². The summed E-state index contributed by atoms with van der Waals surface area (Å²) in [5.41, 5.74) is 0.740. The lowest BCUT2D eigenvalue weighted by atomic mass is 10.3. The number of nitrogens with one attached hydrogen (secondary N) is 1. The monoisotopic (exact) mass is 385 g/mol. The van der Waals surface area contributed by atoms with Gasteiger partial charge in [-0.2, -0.15) is 0 Å². The van der Waals surface area contributed by atoms with Crippen molar-refractivity contribution in [3.8, 4) is 5.75 Å². The number of carbonyl (C=O) groups is 1. The highest BCUT2D eigenvalue weighted by Gasteiger charge is 2.11. The number of hydrogen-bond donors (Lipinski definition) is 2. The van der Waals surface area contributed by atoms with Gasteiger partial charge in [0.25, 0.3) is 0 Å². The molecule has 0 fully saturated rings. The average Bonchev–Trinajstić information content (AvgIpc) is 2.53. The van der Waals surface area contributed by atoms with Gasteiger partial charge in [-0.25, -0.2) is 0 Å². The van der Waals surface area contributed by atoms with Gasteiger partial charge in [0, 0.05) is 23.3 Å². The second-order valence-electron chi connectivity index (χ2n) is 5.03. The first-order valence-corrected chi connectivity index (χ1v) is 8.95. The molecule has 0 saturated carbocycles. The number of hydrogen-bond acceptors (Lipinski definition) is 4. The first kappa shape index (κ1) is 18.9. The van der Waals surface area contributed by atoms with Crippen molar-refractivity contribution in [3.63, 3.8) is 0 Å². The molecule has 0 spiro atoms. The molecular weight excluding hydrogens is 369 g/mol. The van der Waals surface area contributed by atoms with Crippen LogP contribution in [0.3, 0.4) is 0 Å². The number of rotatable bonds is 7. The van der Waals surface area contributed by atoms with E-state index >= 15 is 0 Å². The standard InChI is InChI=1S/C17H17Cl2NO3S/c1-11(21)20-12-5-7-14(8-6-12)24-10-13(22)9-23-17-15(18)3-2-4-16(17)19/h2-8,13,22H,9-10H2,1H3,(H,20,21)/t13-/m0/s1. The number of aliphatic hydroxyl groups excluding tert-OH is 1. The number of ether oxygens (including phenoxy) is 1. The Balaban J connectivity index is 1.80. The zero-order chi connectivity index (χ0) is 17.5. The summed E-state index contributed by atoms with van der Waals surface area (Å²) >= 11 is 13.5. The van der Waals surface area contributed by atoms with E-state index in [9.17, 15) is 9.90 Å². The third-order valence-corrected chi connectivity index (χ3v) is 4.71. The van der Waals surface area contributed by atoms with Crippen molar-refractivity contribution < 1.29 is 14.6 Å². The van der Waals surface area contributed by atoms with E-state index in [1.165, 1.54) is 18.7 Å². The van der Waals surface area contributed by atoms with E-state index in [2.05, 4.69) is 5.32 Å². The fourth-order valence-corrected chi connectivity index (χ4v) is 3.19. The lowest BCUT2D eigenvalue weighted by Crippen LogP contribution is -2.20. The SMILES string of the molecule is CC(=O)Nc1ccc(SC[C@@H](O)COc2c(Cl)cccc2Cl)cc1. The third kappa shape index (κ3) is 5.91. The zero-order valence-corrected chi connectivity index (χ0v) is 15.3. The van der Waals surface area contributed by atoms with Crippen molar-refractivity contribution in [1.82, 2.24) is 0 Å². The predicted molar refractivity (Wildman–Crippen MR) is 99.4 cm³/mol. The van der Waals surface area contributed by atoms with Gasteiger partial charge in [0.05, 0.1) is 16.1 Å². The summed E-state index contributed by atoms with van der Waals surface area (Å²) in [7, 11) is 0. The minimum atomic E-state index is -0.669. The molecule has 2 rings (SSSR count). The Morgan fingerprint density at radius 2 is 1.83 bits per heavy atom. The number of para-hydroxylation sites is 1. The van der Waals surface area contributed by atoms with Gasteiger partial charge in [0.2, 0.25) is 5.91 Å². The summed E-state index contributed by atoms with van der Waals surface area (Å²) in [6.45, 7) is 1.56. The van der Waals surface area contributed by atoms with Crippen LogP contribution in [0.2, 0.25) is 10.0 Å². The van der Waals surface area contributed by atoms with Crippen LogP contribution >= 0.6 is 35.0 Å². The van der Waals surface area contributed by atoms with Crippen LogP contribution in [-0.4, -0.2) is 29.5 Å². The van der Waals surface area contributed by atoms with Crippen LogP contribution in [-0.2, 0) is 4.79 Å². The van der Waals surface area contributed by atoms with Crippen LogP contribution in [0.25, 0.3) is 0 Å². The molecule has 0 aliphatic heterocycles. The first-order chi connectivity index (χ1) is 11.5. The third-order valence-electron chi connectivity index (χ3n) is 2.96. The number of anilines is 1. The molecule has 1 amide bonds. The Bertz CT molecular complexity index is 674. The maximum Gasteiger partial charge on any atom is 0.221 e. The Hall–Kier alpha value is -1.40. The predicted octanol–water partition coefficient (Wildman–Crippen LogP) is 4.48. The molecule has 0 saturated heterocycles. The van der Waals surface area contributed by atoms with E-state index in [-0.39, 0.29) is 12.5 Å². The summed E-state index contributed by atoms with van der Waals surface area (Å²) in [5, 5.41) is 13.6. The maximum atomic E-state index is 11.0. The number of benzene rings is 2. The van der Waals surface area contributed by atoms with Gasteiger partial charge >= 0.3 is 0 Å². The molecule has 7 heteroatoms. The van der Waals surface area contributed by atoms with E-state index in [0.717, 1.165) is 10.6 Å². The Labute approximate surface area is 155 Å². The number of carbonyl (C=O) groups excluding carboxylic acids is 1. The fraction of sp³-hybridized carbons (Fsp3) is 0.235. The topological polar surface area (TPSA) is 58.6 Å². The second kappa shape index (κ2) is 9.18. The molecule has 0 aliphatic carbocycles. The fourth-order valence-electron chi connectivity index (χ4n) is 1.88.